The number of nitrogens with zero attached hydrogens (tertiary/aromatic N) is 8. The van der Waals surface area contributed by atoms with Crippen molar-refractivity contribution in [3.8, 4) is 5.82 Å². The van der Waals surface area contributed by atoms with Gasteiger partial charge in [0.25, 0.3) is 0 Å². The molecule has 0 amide bonds. The van der Waals surface area contributed by atoms with E-state index in [1.165, 1.54) is 6.33 Å². The highest BCUT2D eigenvalue weighted by Gasteiger charge is 2.14. The van der Waals surface area contributed by atoms with Gasteiger partial charge in [-0.1, -0.05) is 0 Å². The minimum absolute atomic E-state index is 0.582. The van der Waals surface area contributed by atoms with E-state index in [0.29, 0.717) is 30.4 Å². The van der Waals surface area contributed by atoms with E-state index < -0.39 is 0 Å². The maximum absolute atomic E-state index is 5.40. The molecule has 0 saturated carbocycles. The molecule has 0 atom stereocenters. The number of anilines is 3. The fourth-order valence-corrected chi connectivity index (χ4v) is 3.06. The Morgan fingerprint density at radius 2 is 1.86 bits per heavy atom. The van der Waals surface area contributed by atoms with Crippen LogP contribution in [0.3, 0.4) is 0 Å². The van der Waals surface area contributed by atoms with E-state index in [9.17, 15) is 0 Å². The first-order valence-electron chi connectivity index (χ1n) is 8.89. The van der Waals surface area contributed by atoms with Crippen LogP contribution in [0.5, 0.6) is 0 Å². The SMILES string of the molecule is c1cn(-c2ccc3ncnc(Nc4cc(N5CCOCC5)ncn4)c3n2)cn1. The van der Waals surface area contributed by atoms with Gasteiger partial charge in [-0.05, 0) is 12.1 Å². The van der Waals surface area contributed by atoms with Crippen molar-refractivity contribution < 1.29 is 4.74 Å². The molecule has 0 aliphatic carbocycles. The van der Waals surface area contributed by atoms with Crippen LogP contribution in [0.15, 0.2) is 49.6 Å². The molecule has 0 spiro atoms. The summed E-state index contributed by atoms with van der Waals surface area (Å²) >= 11 is 0. The highest BCUT2D eigenvalue weighted by Crippen LogP contribution is 2.23. The van der Waals surface area contributed by atoms with Crippen molar-refractivity contribution in [1.29, 1.82) is 0 Å². The van der Waals surface area contributed by atoms with Crippen molar-refractivity contribution in [3.63, 3.8) is 0 Å². The second kappa shape index (κ2) is 7.16. The number of rotatable bonds is 4. The monoisotopic (exact) mass is 375 g/mol. The molecule has 10 nitrogen and oxygen atoms in total. The molecule has 5 rings (SSSR count). The van der Waals surface area contributed by atoms with Gasteiger partial charge in [0.15, 0.2) is 5.82 Å². The minimum atomic E-state index is 0.582. The third kappa shape index (κ3) is 3.21. The van der Waals surface area contributed by atoms with E-state index in [0.717, 1.165) is 30.2 Å². The van der Waals surface area contributed by atoms with E-state index in [2.05, 4.69) is 35.1 Å². The molecule has 1 aliphatic rings. The second-order valence-electron chi connectivity index (χ2n) is 6.22. The van der Waals surface area contributed by atoms with Gasteiger partial charge in [-0.3, -0.25) is 4.57 Å². The van der Waals surface area contributed by atoms with Crippen LogP contribution in [-0.4, -0.2) is 60.8 Å². The zero-order chi connectivity index (χ0) is 18.8. The third-order valence-electron chi connectivity index (χ3n) is 4.47. The highest BCUT2D eigenvalue weighted by molar-refractivity contribution is 5.87. The number of imidazole rings is 1. The summed E-state index contributed by atoms with van der Waals surface area (Å²) in [6.45, 7) is 3.01. The molecular weight excluding hydrogens is 358 g/mol. The number of morpholine rings is 1. The summed E-state index contributed by atoms with van der Waals surface area (Å²) in [6.07, 6.45) is 8.29. The molecule has 10 heteroatoms. The van der Waals surface area contributed by atoms with Gasteiger partial charge in [-0.2, -0.15) is 0 Å². The van der Waals surface area contributed by atoms with Gasteiger partial charge in [0.05, 0.1) is 18.7 Å². The van der Waals surface area contributed by atoms with Crippen LogP contribution in [0.25, 0.3) is 16.9 Å². The first-order chi connectivity index (χ1) is 13.9. The first-order valence-corrected chi connectivity index (χ1v) is 8.89. The molecule has 1 saturated heterocycles. The molecule has 140 valence electrons. The second-order valence-corrected chi connectivity index (χ2v) is 6.22. The van der Waals surface area contributed by atoms with Gasteiger partial charge in [0.1, 0.15) is 42.0 Å². The van der Waals surface area contributed by atoms with E-state index in [-0.39, 0.29) is 0 Å². The van der Waals surface area contributed by atoms with Gasteiger partial charge in [-0.15, -0.1) is 0 Å². The lowest BCUT2D eigenvalue weighted by molar-refractivity contribution is 0.122. The molecule has 1 N–H and O–H groups in total. The first kappa shape index (κ1) is 16.5. The van der Waals surface area contributed by atoms with Crippen LogP contribution in [0.1, 0.15) is 0 Å². The topological polar surface area (TPSA) is 107 Å². The Balaban J connectivity index is 1.48. The Hall–Kier alpha value is -3.66. The number of nitrogens with one attached hydrogen (secondary N) is 1. The Kier molecular flexibility index (Phi) is 4.22. The standard InChI is InChI=1S/C18H17N9O/c1-2-15(27-4-3-19-12-27)25-17-13(1)20-10-23-18(17)24-14-9-16(22-11-21-14)26-5-7-28-8-6-26/h1-4,9-12H,5-8H2,(H,20,21,22,23,24). The lowest BCUT2D eigenvalue weighted by Gasteiger charge is -2.27. The van der Waals surface area contributed by atoms with E-state index in [1.807, 2.05) is 29.0 Å². The average Bonchev–Trinajstić information content (AvgIpc) is 3.30. The zero-order valence-corrected chi connectivity index (χ0v) is 14.9. The quantitative estimate of drug-likeness (QED) is 0.569. The van der Waals surface area contributed by atoms with Crippen LogP contribution >= 0.6 is 0 Å². The van der Waals surface area contributed by atoms with E-state index in [4.69, 9.17) is 9.72 Å². The molecular formula is C18H17N9O. The van der Waals surface area contributed by atoms with Crippen LogP contribution < -0.4 is 10.2 Å². The van der Waals surface area contributed by atoms with Crippen molar-refractivity contribution in [1.82, 2.24) is 34.5 Å². The van der Waals surface area contributed by atoms with Crippen LogP contribution in [0.4, 0.5) is 17.5 Å². The van der Waals surface area contributed by atoms with Crippen LogP contribution in [0.2, 0.25) is 0 Å². The normalized spacial score (nSPS) is 14.4. The molecule has 0 unspecified atom stereocenters. The van der Waals surface area contributed by atoms with Gasteiger partial charge in [0, 0.05) is 31.5 Å². The fraction of sp³-hybridized carbons (Fsp3) is 0.222. The maximum atomic E-state index is 5.40. The van der Waals surface area contributed by atoms with Crippen molar-refractivity contribution in [2.45, 2.75) is 0 Å². The number of aromatic nitrogens is 7. The smallest absolute Gasteiger partial charge is 0.161 e. The molecule has 28 heavy (non-hydrogen) atoms. The average molecular weight is 375 g/mol. The lowest BCUT2D eigenvalue weighted by atomic mass is 10.3. The summed E-state index contributed by atoms with van der Waals surface area (Å²) in [6, 6.07) is 5.70. The maximum Gasteiger partial charge on any atom is 0.161 e. The molecule has 5 heterocycles. The van der Waals surface area contributed by atoms with Crippen molar-refractivity contribution in [3.05, 3.63) is 49.6 Å². The largest absolute Gasteiger partial charge is 0.378 e. The fourth-order valence-electron chi connectivity index (χ4n) is 3.06. The Morgan fingerprint density at radius 1 is 0.964 bits per heavy atom. The summed E-state index contributed by atoms with van der Waals surface area (Å²) in [5, 5.41) is 3.25. The minimum Gasteiger partial charge on any atom is -0.378 e. The predicted octanol–water partition coefficient (Wildman–Crippen LogP) is 1.58. The zero-order valence-electron chi connectivity index (χ0n) is 14.9. The molecule has 0 aromatic carbocycles. The van der Waals surface area contributed by atoms with Crippen molar-refractivity contribution in [2.75, 3.05) is 36.5 Å². The third-order valence-corrected chi connectivity index (χ3v) is 4.47. The van der Waals surface area contributed by atoms with Crippen molar-refractivity contribution >= 4 is 28.5 Å². The summed E-state index contributed by atoms with van der Waals surface area (Å²) in [5.74, 6) is 2.82. The Labute approximate surface area is 160 Å². The molecule has 0 bridgehead atoms. The number of hydrogen-bond acceptors (Lipinski definition) is 9. The summed E-state index contributed by atoms with van der Waals surface area (Å²) in [5.41, 5.74) is 1.39. The van der Waals surface area contributed by atoms with Gasteiger partial charge >= 0.3 is 0 Å². The lowest BCUT2D eigenvalue weighted by Crippen LogP contribution is -2.36. The van der Waals surface area contributed by atoms with Crippen LogP contribution in [-0.2, 0) is 4.74 Å². The molecule has 0 radical (unpaired) electrons. The van der Waals surface area contributed by atoms with E-state index >= 15 is 0 Å². The van der Waals surface area contributed by atoms with Crippen molar-refractivity contribution in [2.24, 2.45) is 0 Å². The molecule has 4 aromatic rings. The predicted molar refractivity (Wildman–Crippen MR) is 103 cm³/mol. The van der Waals surface area contributed by atoms with Gasteiger partial charge in [-0.25, -0.2) is 29.9 Å². The number of fused-ring (bicyclic) bond motifs is 1. The van der Waals surface area contributed by atoms with E-state index in [1.54, 1.807) is 18.9 Å². The Bertz CT molecular complexity index is 1090. The number of ether oxygens (including phenoxy) is 1. The number of pyridine rings is 1. The molecule has 4 aromatic heterocycles. The van der Waals surface area contributed by atoms with Crippen LogP contribution in [0, 0.1) is 0 Å². The summed E-state index contributed by atoms with van der Waals surface area (Å²) in [7, 11) is 0. The molecule has 1 fully saturated rings. The molecule has 1 aliphatic heterocycles. The summed E-state index contributed by atoms with van der Waals surface area (Å²) in [4.78, 5) is 28.3. The summed E-state index contributed by atoms with van der Waals surface area (Å²) < 4.78 is 7.24. The Morgan fingerprint density at radius 3 is 2.71 bits per heavy atom. The highest BCUT2D eigenvalue weighted by atomic mass is 16.5. The number of hydrogen-bond donors (Lipinski definition) is 1. The van der Waals surface area contributed by atoms with Gasteiger partial charge < -0.3 is 15.0 Å². The van der Waals surface area contributed by atoms with Gasteiger partial charge in [0.2, 0.25) is 0 Å².